The van der Waals surface area contributed by atoms with Crippen LogP contribution in [0.2, 0.25) is 0 Å². The first-order valence-electron chi connectivity index (χ1n) is 7.75. The molecule has 106 valence electrons. The predicted octanol–water partition coefficient (Wildman–Crippen LogP) is 4.86. The van der Waals surface area contributed by atoms with Gasteiger partial charge in [-0.3, -0.25) is 4.79 Å². The molecule has 1 atom stereocenters. The van der Waals surface area contributed by atoms with Crippen molar-refractivity contribution < 1.29 is 9.53 Å². The van der Waals surface area contributed by atoms with Crippen molar-refractivity contribution in [1.29, 1.82) is 0 Å². The molecule has 0 saturated heterocycles. The average molecular weight is 254 g/mol. The summed E-state index contributed by atoms with van der Waals surface area (Å²) in [6.45, 7) is 8.44. The Labute approximate surface area is 112 Å². The van der Waals surface area contributed by atoms with Gasteiger partial charge in [0, 0.05) is 0 Å². The number of hydrogen-bond acceptors (Lipinski definition) is 2. The number of esters is 1. The van der Waals surface area contributed by atoms with Gasteiger partial charge in [-0.2, -0.15) is 0 Å². The average Bonchev–Trinajstić information content (AvgIpc) is 2.39. The van der Waals surface area contributed by atoms with E-state index in [0.29, 0.717) is 0 Å². The van der Waals surface area contributed by atoms with Crippen molar-refractivity contribution in [2.75, 3.05) is 0 Å². The van der Waals surface area contributed by atoms with Crippen LogP contribution in [0.15, 0.2) is 0 Å². The van der Waals surface area contributed by atoms with Gasteiger partial charge in [0.1, 0.15) is 5.60 Å². The Kier molecular flexibility index (Phi) is 5.68. The first-order chi connectivity index (χ1) is 8.52. The molecule has 0 N–H and O–H groups in total. The summed E-state index contributed by atoms with van der Waals surface area (Å²) in [4.78, 5) is 12.5. The highest BCUT2D eigenvalue weighted by molar-refractivity contribution is 5.76. The van der Waals surface area contributed by atoms with Crippen LogP contribution in [0.25, 0.3) is 0 Å². The molecule has 1 saturated carbocycles. The summed E-state index contributed by atoms with van der Waals surface area (Å²) in [5.41, 5.74) is -0.437. The second-order valence-corrected chi connectivity index (χ2v) is 6.15. The molecule has 1 aliphatic carbocycles. The summed E-state index contributed by atoms with van der Waals surface area (Å²) in [7, 11) is 0. The van der Waals surface area contributed by atoms with E-state index in [1.807, 2.05) is 0 Å². The molecule has 18 heavy (non-hydrogen) atoms. The molecule has 0 amide bonds. The van der Waals surface area contributed by atoms with Gasteiger partial charge in [-0.25, -0.2) is 0 Å². The monoisotopic (exact) mass is 254 g/mol. The van der Waals surface area contributed by atoms with Crippen LogP contribution in [-0.4, -0.2) is 11.6 Å². The molecule has 1 rings (SSSR count). The Balaban J connectivity index is 2.71. The summed E-state index contributed by atoms with van der Waals surface area (Å²) in [6, 6.07) is 0. The fourth-order valence-electron chi connectivity index (χ4n) is 3.02. The smallest absolute Gasteiger partial charge is 0.312 e. The molecule has 2 heteroatoms. The van der Waals surface area contributed by atoms with Crippen molar-refractivity contribution in [2.45, 2.75) is 91.1 Å². The molecule has 1 unspecified atom stereocenters. The summed E-state index contributed by atoms with van der Waals surface area (Å²) in [6.07, 6.45) is 9.63. The normalized spacial score (nSPS) is 22.2. The second kappa shape index (κ2) is 6.58. The van der Waals surface area contributed by atoms with Gasteiger partial charge in [0.25, 0.3) is 0 Å². The molecule has 0 aliphatic heterocycles. The Morgan fingerprint density at radius 3 is 2.22 bits per heavy atom. The Morgan fingerprint density at radius 1 is 1.17 bits per heavy atom. The quantitative estimate of drug-likeness (QED) is 0.633. The van der Waals surface area contributed by atoms with Gasteiger partial charge in [-0.05, 0) is 51.9 Å². The van der Waals surface area contributed by atoms with Gasteiger partial charge in [-0.15, -0.1) is 0 Å². The fourth-order valence-corrected chi connectivity index (χ4v) is 3.02. The molecule has 2 nitrogen and oxygen atoms in total. The van der Waals surface area contributed by atoms with E-state index in [-0.39, 0.29) is 17.0 Å². The van der Waals surface area contributed by atoms with Crippen molar-refractivity contribution in [2.24, 2.45) is 5.41 Å². The minimum Gasteiger partial charge on any atom is -0.459 e. The Bertz CT molecular complexity index is 266. The van der Waals surface area contributed by atoms with E-state index in [1.165, 1.54) is 19.3 Å². The van der Waals surface area contributed by atoms with E-state index in [4.69, 9.17) is 4.74 Å². The molecular formula is C16H30O2. The largest absolute Gasteiger partial charge is 0.459 e. The number of hydrogen-bond donors (Lipinski definition) is 0. The molecule has 0 aromatic rings. The van der Waals surface area contributed by atoms with Crippen LogP contribution in [0.4, 0.5) is 0 Å². The third kappa shape index (κ3) is 3.49. The molecule has 0 aromatic heterocycles. The van der Waals surface area contributed by atoms with E-state index in [9.17, 15) is 4.79 Å². The van der Waals surface area contributed by atoms with Crippen molar-refractivity contribution >= 4 is 5.97 Å². The number of carbonyl (C=O) groups excluding carboxylic acids is 1. The van der Waals surface area contributed by atoms with Crippen LogP contribution in [0.1, 0.15) is 85.5 Å². The molecule has 0 spiro atoms. The van der Waals surface area contributed by atoms with Crippen LogP contribution < -0.4 is 0 Å². The minimum atomic E-state index is -0.283. The highest BCUT2D eigenvalue weighted by Gasteiger charge is 2.40. The highest BCUT2D eigenvalue weighted by atomic mass is 16.6. The fraction of sp³-hybridized carbons (Fsp3) is 0.938. The van der Waals surface area contributed by atoms with Gasteiger partial charge >= 0.3 is 5.97 Å². The molecule has 0 heterocycles. The maximum Gasteiger partial charge on any atom is 0.312 e. The van der Waals surface area contributed by atoms with Gasteiger partial charge in [0.15, 0.2) is 0 Å². The predicted molar refractivity (Wildman–Crippen MR) is 75.5 cm³/mol. The van der Waals surface area contributed by atoms with Crippen molar-refractivity contribution in [3.63, 3.8) is 0 Å². The van der Waals surface area contributed by atoms with Crippen molar-refractivity contribution in [3.8, 4) is 0 Å². The zero-order valence-corrected chi connectivity index (χ0v) is 12.7. The standard InChI is InChI=1S/C16H30O2/c1-5-11-15(4,6-2)14(17)18-16(7-3)12-9-8-10-13-16/h5-13H2,1-4H3. The Morgan fingerprint density at radius 2 is 1.78 bits per heavy atom. The van der Waals surface area contributed by atoms with Crippen LogP contribution in [-0.2, 0) is 9.53 Å². The van der Waals surface area contributed by atoms with Gasteiger partial charge in [0.2, 0.25) is 0 Å². The summed E-state index contributed by atoms with van der Waals surface area (Å²) in [5.74, 6) is 0.0376. The molecular weight excluding hydrogens is 224 g/mol. The van der Waals surface area contributed by atoms with Gasteiger partial charge in [-0.1, -0.05) is 33.6 Å². The molecule has 1 aliphatic rings. The van der Waals surface area contributed by atoms with E-state index >= 15 is 0 Å². The van der Waals surface area contributed by atoms with Crippen LogP contribution in [0, 0.1) is 5.41 Å². The maximum atomic E-state index is 12.5. The zero-order valence-electron chi connectivity index (χ0n) is 12.7. The SMILES string of the molecule is CCCC(C)(CC)C(=O)OC1(CC)CCCCC1. The summed E-state index contributed by atoms with van der Waals surface area (Å²) >= 11 is 0. The first-order valence-corrected chi connectivity index (χ1v) is 7.75. The summed E-state index contributed by atoms with van der Waals surface area (Å²) < 4.78 is 6.00. The first kappa shape index (κ1) is 15.5. The molecule has 1 fully saturated rings. The number of ether oxygens (including phenoxy) is 1. The van der Waals surface area contributed by atoms with E-state index < -0.39 is 0 Å². The van der Waals surface area contributed by atoms with E-state index in [2.05, 4.69) is 27.7 Å². The van der Waals surface area contributed by atoms with Crippen molar-refractivity contribution in [3.05, 3.63) is 0 Å². The van der Waals surface area contributed by atoms with Crippen molar-refractivity contribution in [1.82, 2.24) is 0 Å². The zero-order chi connectivity index (χ0) is 13.6. The summed E-state index contributed by atoms with van der Waals surface area (Å²) in [5, 5.41) is 0. The van der Waals surface area contributed by atoms with Gasteiger partial charge < -0.3 is 4.74 Å². The molecule has 0 bridgehead atoms. The third-order valence-corrected chi connectivity index (χ3v) is 4.79. The lowest BCUT2D eigenvalue weighted by Crippen LogP contribution is -2.41. The van der Waals surface area contributed by atoms with Crippen LogP contribution in [0.3, 0.4) is 0 Å². The molecule has 0 aromatic carbocycles. The topological polar surface area (TPSA) is 26.3 Å². The number of carbonyl (C=O) groups is 1. The second-order valence-electron chi connectivity index (χ2n) is 6.15. The van der Waals surface area contributed by atoms with E-state index in [0.717, 1.165) is 38.5 Å². The lowest BCUT2D eigenvalue weighted by molar-refractivity contribution is -0.176. The third-order valence-electron chi connectivity index (χ3n) is 4.79. The lowest BCUT2D eigenvalue weighted by atomic mass is 9.80. The van der Waals surface area contributed by atoms with Crippen LogP contribution >= 0.6 is 0 Å². The van der Waals surface area contributed by atoms with Gasteiger partial charge in [0.05, 0.1) is 5.41 Å². The molecule has 0 radical (unpaired) electrons. The number of rotatable bonds is 6. The Hall–Kier alpha value is -0.530. The maximum absolute atomic E-state index is 12.5. The lowest BCUT2D eigenvalue weighted by Gasteiger charge is -2.39. The van der Waals surface area contributed by atoms with E-state index in [1.54, 1.807) is 0 Å². The van der Waals surface area contributed by atoms with Crippen LogP contribution in [0.5, 0.6) is 0 Å². The minimum absolute atomic E-state index is 0.0376. The highest BCUT2D eigenvalue weighted by Crippen LogP contribution is 2.38.